The van der Waals surface area contributed by atoms with Gasteiger partial charge < -0.3 is 20.1 Å². The van der Waals surface area contributed by atoms with Crippen LogP contribution in [0, 0.1) is 0 Å². The Bertz CT molecular complexity index is 355. The summed E-state index contributed by atoms with van der Waals surface area (Å²) in [5, 5.41) is 6.15. The fourth-order valence-corrected chi connectivity index (χ4v) is 1.82. The number of aryl methyl sites for hydroxylation is 1. The first-order valence-corrected chi connectivity index (χ1v) is 5.60. The lowest BCUT2D eigenvalue weighted by molar-refractivity contribution is 0.190. The van der Waals surface area contributed by atoms with E-state index in [2.05, 4.69) is 10.6 Å². The average Bonchev–Trinajstić information content (AvgIpc) is 2.73. The van der Waals surface area contributed by atoms with Crippen LogP contribution >= 0.6 is 0 Å². The van der Waals surface area contributed by atoms with Gasteiger partial charge in [-0.05, 0) is 11.6 Å². The second kappa shape index (κ2) is 5.03. The predicted octanol–water partition coefficient (Wildman–Crippen LogP) is 0.140. The summed E-state index contributed by atoms with van der Waals surface area (Å²) >= 11 is 0. The van der Waals surface area contributed by atoms with Gasteiger partial charge in [0.1, 0.15) is 0 Å². The number of rotatable bonds is 2. The molecule has 1 aromatic rings. The number of hydrogen-bond donors (Lipinski definition) is 2. The summed E-state index contributed by atoms with van der Waals surface area (Å²) in [7, 11) is 1.97. The molecule has 88 valence electrons. The van der Waals surface area contributed by atoms with E-state index in [0.29, 0.717) is 6.54 Å². The van der Waals surface area contributed by atoms with Crippen molar-refractivity contribution in [2.75, 3.05) is 26.2 Å². The Morgan fingerprint density at radius 2 is 2.25 bits per heavy atom. The minimum absolute atomic E-state index is 0.0327. The Kier molecular flexibility index (Phi) is 3.46. The number of nitrogens with zero attached hydrogens (tertiary/aromatic N) is 2. The fourth-order valence-electron chi connectivity index (χ4n) is 1.82. The molecular formula is C11H18N4O. The van der Waals surface area contributed by atoms with Crippen molar-refractivity contribution in [1.29, 1.82) is 0 Å². The highest BCUT2D eigenvalue weighted by atomic mass is 16.2. The van der Waals surface area contributed by atoms with Gasteiger partial charge in [0.25, 0.3) is 0 Å². The fraction of sp³-hybridized carbons (Fsp3) is 0.545. The molecule has 1 aromatic heterocycles. The largest absolute Gasteiger partial charge is 0.357 e. The van der Waals surface area contributed by atoms with E-state index in [1.54, 1.807) is 0 Å². The van der Waals surface area contributed by atoms with Crippen LogP contribution in [0.3, 0.4) is 0 Å². The van der Waals surface area contributed by atoms with E-state index < -0.39 is 0 Å². The monoisotopic (exact) mass is 222 g/mol. The lowest BCUT2D eigenvalue weighted by Crippen LogP contribution is -2.50. The van der Waals surface area contributed by atoms with Gasteiger partial charge in [0.15, 0.2) is 0 Å². The van der Waals surface area contributed by atoms with Crippen LogP contribution in [0.5, 0.6) is 0 Å². The van der Waals surface area contributed by atoms with E-state index in [1.165, 1.54) is 0 Å². The molecule has 5 nitrogen and oxygen atoms in total. The van der Waals surface area contributed by atoms with E-state index in [9.17, 15) is 4.79 Å². The molecule has 2 rings (SSSR count). The molecule has 1 aliphatic heterocycles. The molecule has 1 aliphatic rings. The zero-order chi connectivity index (χ0) is 11.4. The van der Waals surface area contributed by atoms with E-state index in [-0.39, 0.29) is 6.03 Å². The van der Waals surface area contributed by atoms with Gasteiger partial charge in [-0.2, -0.15) is 0 Å². The van der Waals surface area contributed by atoms with Crippen LogP contribution in [0.2, 0.25) is 0 Å². The highest BCUT2D eigenvalue weighted by molar-refractivity contribution is 5.74. The molecule has 0 aromatic carbocycles. The van der Waals surface area contributed by atoms with Crippen molar-refractivity contribution in [1.82, 2.24) is 20.1 Å². The number of nitrogens with one attached hydrogen (secondary N) is 2. The minimum Gasteiger partial charge on any atom is -0.357 e. The Hall–Kier alpha value is -1.49. The van der Waals surface area contributed by atoms with Crippen molar-refractivity contribution < 1.29 is 4.79 Å². The molecule has 2 heterocycles. The summed E-state index contributed by atoms with van der Waals surface area (Å²) in [4.78, 5) is 13.6. The van der Waals surface area contributed by atoms with Gasteiger partial charge in [-0.25, -0.2) is 4.79 Å². The van der Waals surface area contributed by atoms with E-state index in [1.807, 2.05) is 35.0 Å². The van der Waals surface area contributed by atoms with Crippen LogP contribution in [0.4, 0.5) is 4.79 Å². The Labute approximate surface area is 95.4 Å². The SMILES string of the molecule is Cn1ccc(CNC(=O)N2CCNCC2)c1. The molecule has 0 spiro atoms. The smallest absolute Gasteiger partial charge is 0.317 e. The molecule has 1 saturated heterocycles. The van der Waals surface area contributed by atoms with Crippen molar-refractivity contribution in [3.8, 4) is 0 Å². The second-order valence-corrected chi connectivity index (χ2v) is 4.08. The number of urea groups is 1. The van der Waals surface area contributed by atoms with Crippen LogP contribution in [0.1, 0.15) is 5.56 Å². The van der Waals surface area contributed by atoms with E-state index in [4.69, 9.17) is 0 Å². The van der Waals surface area contributed by atoms with Crippen LogP contribution in [0.15, 0.2) is 18.5 Å². The van der Waals surface area contributed by atoms with Crippen LogP contribution in [0.25, 0.3) is 0 Å². The number of carbonyl (C=O) groups excluding carboxylic acids is 1. The maximum absolute atomic E-state index is 11.8. The molecule has 0 atom stereocenters. The average molecular weight is 222 g/mol. The van der Waals surface area contributed by atoms with Crippen molar-refractivity contribution in [2.24, 2.45) is 7.05 Å². The topological polar surface area (TPSA) is 49.3 Å². The molecule has 0 aliphatic carbocycles. The maximum atomic E-state index is 11.8. The summed E-state index contributed by atoms with van der Waals surface area (Å²) in [6, 6.07) is 2.04. The lowest BCUT2D eigenvalue weighted by Gasteiger charge is -2.27. The Morgan fingerprint density at radius 3 is 2.88 bits per heavy atom. The van der Waals surface area contributed by atoms with E-state index >= 15 is 0 Å². The summed E-state index contributed by atoms with van der Waals surface area (Å²) in [6.45, 7) is 3.96. The van der Waals surface area contributed by atoms with Gasteiger partial charge in [-0.15, -0.1) is 0 Å². The van der Waals surface area contributed by atoms with Gasteiger partial charge in [0.2, 0.25) is 0 Å². The molecule has 2 amide bonds. The first-order valence-electron chi connectivity index (χ1n) is 5.60. The van der Waals surface area contributed by atoms with Crippen molar-refractivity contribution >= 4 is 6.03 Å². The van der Waals surface area contributed by atoms with Crippen molar-refractivity contribution in [3.63, 3.8) is 0 Å². The number of carbonyl (C=O) groups is 1. The summed E-state index contributed by atoms with van der Waals surface area (Å²) in [6.07, 6.45) is 3.99. The molecule has 16 heavy (non-hydrogen) atoms. The summed E-state index contributed by atoms with van der Waals surface area (Å²) in [5.41, 5.74) is 1.13. The number of amides is 2. The highest BCUT2D eigenvalue weighted by Gasteiger charge is 2.15. The lowest BCUT2D eigenvalue weighted by atomic mass is 10.3. The molecule has 0 unspecified atom stereocenters. The minimum atomic E-state index is 0.0327. The first kappa shape index (κ1) is 11.0. The molecule has 1 fully saturated rings. The first-order chi connectivity index (χ1) is 7.75. The van der Waals surface area contributed by atoms with Crippen molar-refractivity contribution in [3.05, 3.63) is 24.0 Å². The second-order valence-electron chi connectivity index (χ2n) is 4.08. The third kappa shape index (κ3) is 2.76. The van der Waals surface area contributed by atoms with Crippen molar-refractivity contribution in [2.45, 2.75) is 6.54 Å². The molecule has 0 bridgehead atoms. The van der Waals surface area contributed by atoms with Crippen LogP contribution in [-0.4, -0.2) is 41.7 Å². The van der Waals surface area contributed by atoms with Gasteiger partial charge >= 0.3 is 6.03 Å². The van der Waals surface area contributed by atoms with Gasteiger partial charge in [0.05, 0.1) is 0 Å². The molecule has 0 saturated carbocycles. The zero-order valence-electron chi connectivity index (χ0n) is 9.57. The third-order valence-electron chi connectivity index (χ3n) is 2.74. The standard InChI is InChI=1S/C11H18N4O/c1-14-5-2-10(9-14)8-13-11(16)15-6-3-12-4-7-15/h2,5,9,12H,3-4,6-8H2,1H3,(H,13,16). The van der Waals surface area contributed by atoms with E-state index in [0.717, 1.165) is 31.7 Å². The van der Waals surface area contributed by atoms with Gasteiger partial charge in [-0.3, -0.25) is 0 Å². The molecule has 0 radical (unpaired) electrons. The number of hydrogen-bond acceptors (Lipinski definition) is 2. The number of aromatic nitrogens is 1. The normalized spacial score (nSPS) is 16.2. The zero-order valence-corrected chi connectivity index (χ0v) is 9.57. The molecular weight excluding hydrogens is 204 g/mol. The highest BCUT2D eigenvalue weighted by Crippen LogP contribution is 2.00. The van der Waals surface area contributed by atoms with Gasteiger partial charge in [0, 0.05) is 52.2 Å². The summed E-state index contributed by atoms with van der Waals surface area (Å²) in [5.74, 6) is 0. The molecule has 5 heteroatoms. The Morgan fingerprint density at radius 1 is 1.50 bits per heavy atom. The Balaban J connectivity index is 1.78. The maximum Gasteiger partial charge on any atom is 0.317 e. The molecule has 2 N–H and O–H groups in total. The quantitative estimate of drug-likeness (QED) is 0.748. The van der Waals surface area contributed by atoms with Gasteiger partial charge in [-0.1, -0.05) is 0 Å². The number of piperazine rings is 1. The van der Waals surface area contributed by atoms with Crippen LogP contribution in [-0.2, 0) is 13.6 Å². The summed E-state index contributed by atoms with van der Waals surface area (Å²) < 4.78 is 1.98. The van der Waals surface area contributed by atoms with Crippen LogP contribution < -0.4 is 10.6 Å². The third-order valence-corrected chi connectivity index (χ3v) is 2.74. The predicted molar refractivity (Wildman–Crippen MR) is 62.1 cm³/mol.